The molecule has 0 aromatic carbocycles. The quantitative estimate of drug-likeness (QED) is 0.726. The molecule has 17 heavy (non-hydrogen) atoms. The van der Waals surface area contributed by atoms with Crippen LogP contribution in [0.3, 0.4) is 0 Å². The van der Waals surface area contributed by atoms with E-state index in [1.165, 1.54) is 0 Å². The molecule has 0 aromatic rings. The second-order valence-electron chi connectivity index (χ2n) is 4.43. The Morgan fingerprint density at radius 3 is 2.29 bits per heavy atom. The number of aliphatic hydroxyl groups excluding tert-OH is 1. The molecule has 0 aliphatic heterocycles. The molecule has 0 atom stereocenters. The van der Waals surface area contributed by atoms with Gasteiger partial charge in [-0.05, 0) is 27.7 Å². The largest absolute Gasteiger partial charge is 0.465 e. The highest BCUT2D eigenvalue weighted by molar-refractivity contribution is 5.78. The number of aliphatic hydroxyl groups is 1. The molecule has 1 N–H and O–H groups in total. The fourth-order valence-electron chi connectivity index (χ4n) is 1.04. The van der Waals surface area contributed by atoms with E-state index in [-0.39, 0.29) is 26.3 Å². The predicted molar refractivity (Wildman–Crippen MR) is 61.5 cm³/mol. The van der Waals surface area contributed by atoms with Gasteiger partial charge >= 0.3 is 12.1 Å². The molecule has 0 aliphatic carbocycles. The van der Waals surface area contributed by atoms with Crippen LogP contribution in [0, 0.1) is 0 Å². The number of carbonyl (C=O) groups excluding carboxylic acids is 2. The lowest BCUT2D eigenvalue weighted by Crippen LogP contribution is -2.41. The summed E-state index contributed by atoms with van der Waals surface area (Å²) in [5, 5.41) is 8.83. The fraction of sp³-hybridized carbons (Fsp3) is 0.818. The molecule has 0 saturated heterocycles. The van der Waals surface area contributed by atoms with Crippen molar-refractivity contribution in [2.45, 2.75) is 33.3 Å². The molecule has 0 aromatic heterocycles. The minimum atomic E-state index is -0.639. The Balaban J connectivity index is 4.40. The molecule has 0 saturated carbocycles. The van der Waals surface area contributed by atoms with E-state index in [1.54, 1.807) is 27.7 Å². The van der Waals surface area contributed by atoms with Crippen LogP contribution in [0.25, 0.3) is 0 Å². The zero-order valence-corrected chi connectivity index (χ0v) is 10.9. The molecule has 0 radical (unpaired) electrons. The van der Waals surface area contributed by atoms with E-state index in [9.17, 15) is 9.59 Å². The molecular formula is C11H21NO5. The molecule has 100 valence electrons. The molecule has 0 heterocycles. The minimum Gasteiger partial charge on any atom is -0.465 e. The van der Waals surface area contributed by atoms with Crippen LogP contribution in [0.5, 0.6) is 0 Å². The number of hydrogen-bond donors (Lipinski definition) is 1. The molecule has 0 spiro atoms. The Hall–Kier alpha value is -1.30. The monoisotopic (exact) mass is 247 g/mol. The molecule has 6 nitrogen and oxygen atoms in total. The van der Waals surface area contributed by atoms with Crippen LogP contribution in [0.2, 0.25) is 0 Å². The molecule has 1 amide bonds. The van der Waals surface area contributed by atoms with E-state index in [0.717, 1.165) is 4.90 Å². The standard InChI is InChI=1S/C11H21NO5/c1-5-16-9(14)8-12(6-7-13)10(15)17-11(2,3)4/h13H,5-8H2,1-4H3. The van der Waals surface area contributed by atoms with Gasteiger partial charge < -0.3 is 14.6 Å². The van der Waals surface area contributed by atoms with E-state index in [1.807, 2.05) is 0 Å². The summed E-state index contributed by atoms with van der Waals surface area (Å²) in [5.41, 5.74) is -0.639. The second kappa shape index (κ2) is 7.11. The molecule has 0 bridgehead atoms. The number of carbonyl (C=O) groups is 2. The summed E-state index contributed by atoms with van der Waals surface area (Å²) >= 11 is 0. The summed E-state index contributed by atoms with van der Waals surface area (Å²) < 4.78 is 9.83. The number of amides is 1. The van der Waals surface area contributed by atoms with Crippen molar-refractivity contribution in [3.63, 3.8) is 0 Å². The Kier molecular flexibility index (Phi) is 6.57. The highest BCUT2D eigenvalue weighted by Crippen LogP contribution is 2.09. The third-order valence-electron chi connectivity index (χ3n) is 1.65. The van der Waals surface area contributed by atoms with Gasteiger partial charge in [0.15, 0.2) is 0 Å². The lowest BCUT2D eigenvalue weighted by Gasteiger charge is -2.26. The average molecular weight is 247 g/mol. The molecule has 6 heteroatoms. The lowest BCUT2D eigenvalue weighted by atomic mass is 10.2. The number of ether oxygens (including phenoxy) is 2. The van der Waals surface area contributed by atoms with E-state index in [2.05, 4.69) is 0 Å². The summed E-state index contributed by atoms with van der Waals surface area (Å²) in [6, 6.07) is 0. The minimum absolute atomic E-state index is 0.0354. The first-order valence-electron chi connectivity index (χ1n) is 5.54. The van der Waals surface area contributed by atoms with Crippen LogP contribution in [0.1, 0.15) is 27.7 Å². The summed E-state index contributed by atoms with van der Waals surface area (Å²) in [6.45, 7) is 6.70. The van der Waals surface area contributed by atoms with Crippen LogP contribution in [-0.2, 0) is 14.3 Å². The topological polar surface area (TPSA) is 76.1 Å². The van der Waals surface area contributed by atoms with Gasteiger partial charge in [-0.3, -0.25) is 9.69 Å². The van der Waals surface area contributed by atoms with Crippen molar-refractivity contribution < 1.29 is 24.2 Å². The number of esters is 1. The summed E-state index contributed by atoms with van der Waals surface area (Å²) in [6.07, 6.45) is -0.639. The van der Waals surface area contributed by atoms with Crippen molar-refractivity contribution in [3.05, 3.63) is 0 Å². The Bertz CT molecular complexity index is 259. The molecule has 0 rings (SSSR count). The van der Waals surface area contributed by atoms with Gasteiger partial charge in [-0.2, -0.15) is 0 Å². The Morgan fingerprint density at radius 1 is 1.29 bits per heavy atom. The van der Waals surface area contributed by atoms with Crippen molar-refractivity contribution in [3.8, 4) is 0 Å². The SMILES string of the molecule is CCOC(=O)CN(CCO)C(=O)OC(C)(C)C. The summed E-state index contributed by atoms with van der Waals surface area (Å²) in [5.74, 6) is -0.521. The van der Waals surface area contributed by atoms with Gasteiger partial charge in [-0.25, -0.2) is 4.79 Å². The van der Waals surface area contributed by atoms with Crippen molar-refractivity contribution in [1.82, 2.24) is 4.90 Å². The normalized spacial score (nSPS) is 10.9. The Labute approximate surface area is 101 Å². The molecule has 0 fully saturated rings. The lowest BCUT2D eigenvalue weighted by molar-refractivity contribution is -0.144. The average Bonchev–Trinajstić information content (AvgIpc) is 2.14. The van der Waals surface area contributed by atoms with Gasteiger partial charge in [0.2, 0.25) is 0 Å². The zero-order chi connectivity index (χ0) is 13.5. The first-order valence-corrected chi connectivity index (χ1v) is 5.54. The first-order chi connectivity index (χ1) is 7.80. The third kappa shape index (κ3) is 7.57. The summed E-state index contributed by atoms with van der Waals surface area (Å²) in [7, 11) is 0. The van der Waals surface area contributed by atoms with Crippen molar-refractivity contribution >= 4 is 12.1 Å². The van der Waals surface area contributed by atoms with Gasteiger partial charge in [0.25, 0.3) is 0 Å². The number of rotatable bonds is 5. The van der Waals surface area contributed by atoms with Crippen LogP contribution in [0.4, 0.5) is 4.79 Å². The Morgan fingerprint density at radius 2 is 1.88 bits per heavy atom. The summed E-state index contributed by atoms with van der Waals surface area (Å²) in [4.78, 5) is 24.0. The molecular weight excluding hydrogens is 226 g/mol. The van der Waals surface area contributed by atoms with Gasteiger partial charge in [0.05, 0.1) is 13.2 Å². The van der Waals surface area contributed by atoms with Crippen molar-refractivity contribution in [1.29, 1.82) is 0 Å². The van der Waals surface area contributed by atoms with Gasteiger partial charge in [-0.15, -0.1) is 0 Å². The third-order valence-corrected chi connectivity index (χ3v) is 1.65. The maximum atomic E-state index is 11.7. The fourth-order valence-corrected chi connectivity index (χ4v) is 1.04. The van der Waals surface area contributed by atoms with Gasteiger partial charge in [0.1, 0.15) is 12.1 Å². The van der Waals surface area contributed by atoms with E-state index >= 15 is 0 Å². The zero-order valence-electron chi connectivity index (χ0n) is 10.9. The van der Waals surface area contributed by atoms with E-state index in [4.69, 9.17) is 14.6 Å². The van der Waals surface area contributed by atoms with Crippen molar-refractivity contribution in [2.75, 3.05) is 26.3 Å². The number of hydrogen-bond acceptors (Lipinski definition) is 5. The highest BCUT2D eigenvalue weighted by Gasteiger charge is 2.23. The van der Waals surface area contributed by atoms with Crippen LogP contribution >= 0.6 is 0 Å². The van der Waals surface area contributed by atoms with Crippen LogP contribution in [-0.4, -0.2) is 54.0 Å². The second-order valence-corrected chi connectivity index (χ2v) is 4.43. The molecule has 0 unspecified atom stereocenters. The predicted octanol–water partition coefficient (Wildman–Crippen LogP) is 0.779. The smallest absolute Gasteiger partial charge is 0.410 e. The number of nitrogens with zero attached hydrogens (tertiary/aromatic N) is 1. The molecule has 0 aliphatic rings. The highest BCUT2D eigenvalue weighted by atomic mass is 16.6. The van der Waals surface area contributed by atoms with Gasteiger partial charge in [0, 0.05) is 6.54 Å². The van der Waals surface area contributed by atoms with Crippen LogP contribution in [0.15, 0.2) is 0 Å². The first kappa shape index (κ1) is 15.7. The maximum Gasteiger partial charge on any atom is 0.410 e. The van der Waals surface area contributed by atoms with E-state index < -0.39 is 17.7 Å². The van der Waals surface area contributed by atoms with E-state index in [0.29, 0.717) is 0 Å². The van der Waals surface area contributed by atoms with Gasteiger partial charge in [-0.1, -0.05) is 0 Å². The van der Waals surface area contributed by atoms with Crippen molar-refractivity contribution in [2.24, 2.45) is 0 Å². The maximum absolute atomic E-state index is 11.7. The van der Waals surface area contributed by atoms with Crippen LogP contribution < -0.4 is 0 Å².